The maximum Gasteiger partial charge on any atom is 0.233 e. The number of hydrogen-bond acceptors (Lipinski definition) is 4. The highest BCUT2D eigenvalue weighted by Gasteiger charge is 2.58. The van der Waals surface area contributed by atoms with Gasteiger partial charge in [-0.1, -0.05) is 19.1 Å². The molecule has 24 heavy (non-hydrogen) atoms. The molecule has 4 rings (SSSR count). The van der Waals surface area contributed by atoms with Gasteiger partial charge >= 0.3 is 0 Å². The van der Waals surface area contributed by atoms with Crippen molar-refractivity contribution >= 4 is 30.1 Å². The van der Waals surface area contributed by atoms with E-state index in [0.717, 1.165) is 19.5 Å². The van der Waals surface area contributed by atoms with Gasteiger partial charge in [0.25, 0.3) is 0 Å². The predicted molar refractivity (Wildman–Crippen MR) is 90.2 cm³/mol. The van der Waals surface area contributed by atoms with Crippen LogP contribution in [0.1, 0.15) is 13.3 Å². The van der Waals surface area contributed by atoms with Gasteiger partial charge < -0.3 is 10.6 Å². The third kappa shape index (κ3) is 2.56. The molecule has 6 nitrogen and oxygen atoms in total. The topological polar surface area (TPSA) is 78.5 Å². The summed E-state index contributed by atoms with van der Waals surface area (Å²) in [5.74, 6) is 0.495. The van der Waals surface area contributed by atoms with Gasteiger partial charge in [0.15, 0.2) is 0 Å². The Morgan fingerprint density at radius 3 is 2.33 bits per heavy atom. The highest BCUT2D eigenvalue weighted by Crippen LogP contribution is 2.52. The fourth-order valence-electron chi connectivity index (χ4n) is 4.51. The van der Waals surface area contributed by atoms with Crippen molar-refractivity contribution in [2.45, 2.75) is 13.3 Å². The second kappa shape index (κ2) is 6.48. The lowest BCUT2D eigenvalue weighted by atomic mass is 9.85. The van der Waals surface area contributed by atoms with Crippen molar-refractivity contribution in [2.75, 3.05) is 26.2 Å². The number of nitrogens with one attached hydrogen (secondary N) is 2. The van der Waals surface area contributed by atoms with E-state index in [1.165, 1.54) is 4.90 Å². The number of nitrogens with zero attached hydrogens (tertiary/aromatic N) is 1. The summed E-state index contributed by atoms with van der Waals surface area (Å²) < 4.78 is 0. The van der Waals surface area contributed by atoms with Gasteiger partial charge in [0.1, 0.15) is 0 Å². The zero-order chi connectivity index (χ0) is 16.1. The highest BCUT2D eigenvalue weighted by atomic mass is 35.5. The molecule has 2 heterocycles. The second-order valence-electron chi connectivity index (χ2n) is 7.33. The van der Waals surface area contributed by atoms with Crippen LogP contribution in [-0.2, 0) is 14.4 Å². The van der Waals surface area contributed by atoms with Gasteiger partial charge in [0.2, 0.25) is 17.7 Å². The highest BCUT2D eigenvalue weighted by molar-refractivity contribution is 6.06. The third-order valence-electron chi connectivity index (χ3n) is 6.13. The minimum Gasteiger partial charge on any atom is -0.354 e. The van der Waals surface area contributed by atoms with Crippen LogP contribution in [0.4, 0.5) is 0 Å². The number of halogens is 1. The Labute approximate surface area is 147 Å². The van der Waals surface area contributed by atoms with Crippen LogP contribution in [0.15, 0.2) is 12.2 Å². The first-order valence-electron chi connectivity index (χ1n) is 8.60. The Kier molecular flexibility index (Phi) is 4.71. The van der Waals surface area contributed by atoms with Crippen molar-refractivity contribution in [2.24, 2.45) is 35.5 Å². The van der Waals surface area contributed by atoms with Crippen LogP contribution in [0.25, 0.3) is 0 Å². The van der Waals surface area contributed by atoms with Crippen LogP contribution in [-0.4, -0.2) is 48.8 Å². The van der Waals surface area contributed by atoms with Crippen molar-refractivity contribution < 1.29 is 14.4 Å². The standard InChI is InChI=1S/C17H23N3O3.ClH/c1-9(12-7-18-8-12)15(21)19-4-5-20-16(22)13-10-2-3-11(6-10)14(13)17(20)23;/h2-3,9-14,18H,4-8H2,1H3,(H,19,21);1H. The number of carbonyl (C=O) groups is 3. The maximum absolute atomic E-state index is 12.5. The van der Waals surface area contributed by atoms with E-state index in [1.54, 1.807) is 0 Å². The Hall–Kier alpha value is -1.40. The molecule has 5 atom stereocenters. The molecule has 2 aliphatic carbocycles. The lowest BCUT2D eigenvalue weighted by molar-refractivity contribution is -0.141. The van der Waals surface area contributed by atoms with E-state index in [9.17, 15) is 14.4 Å². The number of hydrogen-bond donors (Lipinski definition) is 2. The first-order chi connectivity index (χ1) is 11.1. The van der Waals surface area contributed by atoms with Crippen LogP contribution in [0, 0.1) is 35.5 Å². The quantitative estimate of drug-likeness (QED) is 0.546. The van der Waals surface area contributed by atoms with E-state index in [4.69, 9.17) is 0 Å². The van der Waals surface area contributed by atoms with E-state index in [-0.39, 0.29) is 59.7 Å². The molecule has 4 aliphatic rings. The normalized spacial score (nSPS) is 34.8. The summed E-state index contributed by atoms with van der Waals surface area (Å²) in [6, 6.07) is 0. The molecule has 0 aromatic heterocycles. The SMILES string of the molecule is CC(C(=O)NCCN1C(=O)C2C3C=CC(C3)C2C1=O)C1CNC1.Cl. The van der Waals surface area contributed by atoms with Gasteiger partial charge in [-0.05, 0) is 37.3 Å². The first kappa shape index (κ1) is 17.4. The molecule has 2 N–H and O–H groups in total. The molecule has 5 unspecified atom stereocenters. The Morgan fingerprint density at radius 1 is 1.25 bits per heavy atom. The first-order valence-corrected chi connectivity index (χ1v) is 8.60. The molecule has 1 saturated carbocycles. The number of likely N-dealkylation sites (tertiary alicyclic amines) is 1. The zero-order valence-electron chi connectivity index (χ0n) is 13.7. The van der Waals surface area contributed by atoms with E-state index in [0.29, 0.717) is 19.0 Å². The lowest BCUT2D eigenvalue weighted by Crippen LogP contribution is -2.50. The molecule has 0 radical (unpaired) electrons. The second-order valence-corrected chi connectivity index (χ2v) is 7.33. The van der Waals surface area contributed by atoms with Gasteiger partial charge in [-0.3, -0.25) is 19.3 Å². The van der Waals surface area contributed by atoms with Crippen molar-refractivity contribution in [3.05, 3.63) is 12.2 Å². The third-order valence-corrected chi connectivity index (χ3v) is 6.13. The molecule has 132 valence electrons. The Morgan fingerprint density at radius 2 is 1.83 bits per heavy atom. The molecular weight excluding hydrogens is 330 g/mol. The summed E-state index contributed by atoms with van der Waals surface area (Å²) in [5.41, 5.74) is 0. The minimum atomic E-state index is -0.145. The van der Waals surface area contributed by atoms with E-state index in [1.807, 2.05) is 6.92 Å². The zero-order valence-corrected chi connectivity index (χ0v) is 14.6. The van der Waals surface area contributed by atoms with Gasteiger partial charge in [-0.15, -0.1) is 12.4 Å². The van der Waals surface area contributed by atoms with E-state index < -0.39 is 0 Å². The van der Waals surface area contributed by atoms with Gasteiger partial charge in [0.05, 0.1) is 11.8 Å². The molecular formula is C17H24ClN3O3. The summed E-state index contributed by atoms with van der Waals surface area (Å²) in [7, 11) is 0. The number of allylic oxidation sites excluding steroid dienone is 2. The van der Waals surface area contributed by atoms with Crippen LogP contribution in [0.3, 0.4) is 0 Å². The van der Waals surface area contributed by atoms with Gasteiger partial charge in [0, 0.05) is 19.0 Å². The smallest absolute Gasteiger partial charge is 0.233 e. The molecule has 2 bridgehead atoms. The number of rotatable bonds is 5. The van der Waals surface area contributed by atoms with Crippen LogP contribution < -0.4 is 10.6 Å². The van der Waals surface area contributed by atoms with Crippen molar-refractivity contribution in [3.8, 4) is 0 Å². The number of carbonyl (C=O) groups excluding carboxylic acids is 3. The van der Waals surface area contributed by atoms with Crippen molar-refractivity contribution in [1.29, 1.82) is 0 Å². The number of imide groups is 1. The minimum absolute atomic E-state index is 0. The van der Waals surface area contributed by atoms with E-state index >= 15 is 0 Å². The molecule has 2 aliphatic heterocycles. The largest absolute Gasteiger partial charge is 0.354 e. The van der Waals surface area contributed by atoms with Crippen molar-refractivity contribution in [1.82, 2.24) is 15.5 Å². The van der Waals surface area contributed by atoms with Crippen LogP contribution in [0.5, 0.6) is 0 Å². The molecule has 3 fully saturated rings. The fraction of sp³-hybridized carbons (Fsp3) is 0.706. The van der Waals surface area contributed by atoms with E-state index in [2.05, 4.69) is 22.8 Å². The number of fused-ring (bicyclic) bond motifs is 5. The van der Waals surface area contributed by atoms with Crippen molar-refractivity contribution in [3.63, 3.8) is 0 Å². The molecule has 2 saturated heterocycles. The molecule has 3 amide bonds. The summed E-state index contributed by atoms with van der Waals surface area (Å²) in [6.45, 7) is 4.35. The summed E-state index contributed by atoms with van der Waals surface area (Å²) >= 11 is 0. The molecule has 0 spiro atoms. The maximum atomic E-state index is 12.5. The summed E-state index contributed by atoms with van der Waals surface area (Å²) in [5, 5.41) is 6.04. The van der Waals surface area contributed by atoms with Crippen LogP contribution >= 0.6 is 12.4 Å². The molecule has 0 aromatic rings. The fourth-order valence-corrected chi connectivity index (χ4v) is 4.51. The predicted octanol–water partition coefficient (Wildman–Crippen LogP) is 0.187. The average Bonchev–Trinajstić information content (AvgIpc) is 3.14. The van der Waals surface area contributed by atoms with Gasteiger partial charge in [-0.25, -0.2) is 0 Å². The molecule has 0 aromatic carbocycles. The lowest BCUT2D eigenvalue weighted by Gasteiger charge is -2.31. The monoisotopic (exact) mass is 353 g/mol. The molecule has 7 heteroatoms. The number of amides is 3. The Bertz CT molecular complexity index is 560. The van der Waals surface area contributed by atoms with Gasteiger partial charge in [-0.2, -0.15) is 0 Å². The van der Waals surface area contributed by atoms with Crippen LogP contribution in [0.2, 0.25) is 0 Å². The summed E-state index contributed by atoms with van der Waals surface area (Å²) in [4.78, 5) is 38.5. The summed E-state index contributed by atoms with van der Waals surface area (Å²) in [6.07, 6.45) is 5.14. The average molecular weight is 354 g/mol. The Balaban J connectivity index is 0.00000169.